The Labute approximate surface area is 218 Å². The summed E-state index contributed by atoms with van der Waals surface area (Å²) in [6, 6.07) is 8.18. The highest BCUT2D eigenvalue weighted by Gasteiger charge is 2.21. The van der Waals surface area contributed by atoms with Crippen molar-refractivity contribution in [1.82, 2.24) is 25.2 Å². The number of halogens is 1. The summed E-state index contributed by atoms with van der Waals surface area (Å²) in [7, 11) is 1.62. The van der Waals surface area contributed by atoms with Gasteiger partial charge in [-0.15, -0.1) is 23.5 Å². The summed E-state index contributed by atoms with van der Waals surface area (Å²) in [6.45, 7) is 3.76. The molecule has 0 unspecified atom stereocenters. The van der Waals surface area contributed by atoms with Gasteiger partial charge in [-0.25, -0.2) is 9.97 Å². The number of methoxy groups -OCH3 is 1. The number of nitrogens with one attached hydrogen (secondary N) is 2. The Kier molecular flexibility index (Phi) is 7.94. The Balaban J connectivity index is 1.06. The normalized spacial score (nSPS) is 16.8. The molecule has 0 aliphatic carbocycles. The number of thioether (sulfide) groups is 2. The van der Waals surface area contributed by atoms with Crippen LogP contribution in [0.3, 0.4) is 0 Å². The molecular weight excluding hydrogens is 504 g/mol. The zero-order valence-electron chi connectivity index (χ0n) is 19.4. The van der Waals surface area contributed by atoms with Gasteiger partial charge in [-0.2, -0.15) is 0 Å². The van der Waals surface area contributed by atoms with E-state index in [2.05, 4.69) is 36.6 Å². The van der Waals surface area contributed by atoms with Crippen LogP contribution in [0.1, 0.15) is 18.5 Å². The van der Waals surface area contributed by atoms with E-state index in [1.807, 2.05) is 36.2 Å². The second kappa shape index (κ2) is 11.3. The summed E-state index contributed by atoms with van der Waals surface area (Å²) in [4.78, 5) is 29.8. The standard InChI is InChI=1S/C24H27ClN6O2S2/c1-33-23-3-2-18-19(28-23)10-16(12-27-18)34-9-8-31-6-4-15(5-7-31)26-13-20-17(25)11-21-24(29-20)30-22(32)14-35-21/h2-3,10-12,15,26H,4-9,13-14H2,1H3,(H,29,30,32). The predicted octanol–water partition coefficient (Wildman–Crippen LogP) is 4.08. The highest BCUT2D eigenvalue weighted by molar-refractivity contribution is 8.00. The van der Waals surface area contributed by atoms with Gasteiger partial charge in [-0.1, -0.05) is 11.6 Å². The third kappa shape index (κ3) is 6.18. The number of rotatable bonds is 8. The molecule has 3 aromatic rings. The number of aromatic nitrogens is 3. The summed E-state index contributed by atoms with van der Waals surface area (Å²) in [5.74, 6) is 2.62. The van der Waals surface area contributed by atoms with Gasteiger partial charge in [0.2, 0.25) is 11.8 Å². The molecule has 2 aliphatic rings. The number of carbonyl (C=O) groups is 1. The second-order valence-electron chi connectivity index (χ2n) is 8.51. The van der Waals surface area contributed by atoms with Crippen molar-refractivity contribution in [1.29, 1.82) is 0 Å². The summed E-state index contributed by atoms with van der Waals surface area (Å²) in [5, 5.41) is 7.08. The molecule has 0 radical (unpaired) electrons. The van der Waals surface area contributed by atoms with Crippen LogP contribution in [0.4, 0.5) is 5.82 Å². The average molecular weight is 531 g/mol. The SMILES string of the molecule is COc1ccc2ncc(SCCN3CCC(NCc4nc5c(cc4Cl)SCC(=O)N5)CC3)cc2n1. The van der Waals surface area contributed by atoms with Crippen LogP contribution >= 0.6 is 35.1 Å². The van der Waals surface area contributed by atoms with E-state index in [9.17, 15) is 4.79 Å². The molecule has 0 saturated carbocycles. The van der Waals surface area contributed by atoms with Crippen molar-refractivity contribution in [3.8, 4) is 5.88 Å². The number of fused-ring (bicyclic) bond motifs is 2. The molecule has 1 fully saturated rings. The Hall–Kier alpha value is -2.11. The van der Waals surface area contributed by atoms with E-state index in [-0.39, 0.29) is 5.91 Å². The lowest BCUT2D eigenvalue weighted by Crippen LogP contribution is -2.43. The number of hydrogen-bond acceptors (Lipinski definition) is 9. The average Bonchev–Trinajstić information content (AvgIpc) is 2.88. The molecule has 2 aliphatic heterocycles. The molecular formula is C24H27ClN6O2S2. The van der Waals surface area contributed by atoms with Crippen molar-refractivity contribution in [2.24, 2.45) is 0 Å². The molecule has 8 nitrogen and oxygen atoms in total. The molecule has 2 N–H and O–H groups in total. The van der Waals surface area contributed by atoms with Gasteiger partial charge in [-0.3, -0.25) is 9.78 Å². The lowest BCUT2D eigenvalue weighted by Gasteiger charge is -2.32. The topological polar surface area (TPSA) is 92.3 Å². The third-order valence-corrected chi connectivity index (χ3v) is 8.45. The van der Waals surface area contributed by atoms with Crippen molar-refractivity contribution < 1.29 is 9.53 Å². The van der Waals surface area contributed by atoms with Crippen molar-refractivity contribution in [2.75, 3.05) is 43.6 Å². The van der Waals surface area contributed by atoms with E-state index in [1.54, 1.807) is 7.11 Å². The van der Waals surface area contributed by atoms with E-state index < -0.39 is 0 Å². The van der Waals surface area contributed by atoms with Crippen LogP contribution in [0.25, 0.3) is 11.0 Å². The fourth-order valence-corrected chi connectivity index (χ4v) is 6.19. The predicted molar refractivity (Wildman–Crippen MR) is 142 cm³/mol. The number of likely N-dealkylation sites (tertiary alicyclic amines) is 1. The maximum absolute atomic E-state index is 11.7. The summed E-state index contributed by atoms with van der Waals surface area (Å²) in [6.07, 6.45) is 4.09. The Morgan fingerprint density at radius 3 is 2.94 bits per heavy atom. The van der Waals surface area contributed by atoms with Crippen LogP contribution in [-0.4, -0.2) is 70.1 Å². The third-order valence-electron chi connectivity index (χ3n) is 6.15. The lowest BCUT2D eigenvalue weighted by atomic mass is 10.1. The van der Waals surface area contributed by atoms with E-state index >= 15 is 0 Å². The van der Waals surface area contributed by atoms with Gasteiger partial charge in [0, 0.05) is 42.0 Å². The van der Waals surface area contributed by atoms with Gasteiger partial charge in [0.05, 0.1) is 39.5 Å². The smallest absolute Gasteiger partial charge is 0.235 e. The van der Waals surface area contributed by atoms with Gasteiger partial charge in [0.15, 0.2) is 0 Å². The largest absolute Gasteiger partial charge is 0.481 e. The number of hydrogen-bond donors (Lipinski definition) is 2. The Morgan fingerprint density at radius 2 is 2.11 bits per heavy atom. The first-order chi connectivity index (χ1) is 17.1. The van der Waals surface area contributed by atoms with E-state index in [0.29, 0.717) is 35.1 Å². The maximum atomic E-state index is 11.7. The molecule has 0 bridgehead atoms. The number of nitrogens with zero attached hydrogens (tertiary/aromatic N) is 4. The van der Waals surface area contributed by atoms with Crippen molar-refractivity contribution in [2.45, 2.75) is 35.2 Å². The van der Waals surface area contributed by atoms with Gasteiger partial charge in [0.1, 0.15) is 5.82 Å². The molecule has 5 rings (SSSR count). The van der Waals surface area contributed by atoms with Gasteiger partial charge in [0.25, 0.3) is 0 Å². The fourth-order valence-electron chi connectivity index (χ4n) is 4.20. The van der Waals surface area contributed by atoms with E-state index in [4.69, 9.17) is 16.3 Å². The quantitative estimate of drug-likeness (QED) is 0.418. The minimum Gasteiger partial charge on any atom is -0.481 e. The number of pyridine rings is 3. The molecule has 11 heteroatoms. The van der Waals surface area contributed by atoms with E-state index in [1.165, 1.54) is 11.8 Å². The Bertz CT molecular complexity index is 1220. The van der Waals surface area contributed by atoms with Crippen LogP contribution in [0.15, 0.2) is 40.3 Å². The zero-order valence-corrected chi connectivity index (χ0v) is 21.8. The first-order valence-corrected chi connectivity index (χ1v) is 13.9. The number of amides is 1. The summed E-state index contributed by atoms with van der Waals surface area (Å²) >= 11 is 9.72. The Morgan fingerprint density at radius 1 is 1.26 bits per heavy atom. The molecule has 5 heterocycles. The zero-order chi connectivity index (χ0) is 24.2. The van der Waals surface area contributed by atoms with Crippen molar-refractivity contribution in [3.05, 3.63) is 41.2 Å². The van der Waals surface area contributed by atoms with Gasteiger partial charge >= 0.3 is 0 Å². The molecule has 184 valence electrons. The van der Waals surface area contributed by atoms with Crippen LogP contribution < -0.4 is 15.4 Å². The molecule has 3 aromatic heterocycles. The van der Waals surface area contributed by atoms with Crippen molar-refractivity contribution >= 4 is 57.9 Å². The molecule has 0 aromatic carbocycles. The lowest BCUT2D eigenvalue weighted by molar-refractivity contribution is -0.113. The first kappa shape index (κ1) is 24.6. The number of ether oxygens (including phenoxy) is 1. The first-order valence-electron chi connectivity index (χ1n) is 11.6. The van der Waals surface area contributed by atoms with Crippen molar-refractivity contribution in [3.63, 3.8) is 0 Å². The minimum absolute atomic E-state index is 0.0180. The number of carbonyl (C=O) groups excluding carboxylic acids is 1. The monoisotopic (exact) mass is 530 g/mol. The van der Waals surface area contributed by atoms with Crippen LogP contribution in [0.5, 0.6) is 5.88 Å². The minimum atomic E-state index is -0.0180. The molecule has 1 amide bonds. The summed E-state index contributed by atoms with van der Waals surface area (Å²) in [5.41, 5.74) is 2.51. The molecule has 35 heavy (non-hydrogen) atoms. The maximum Gasteiger partial charge on any atom is 0.235 e. The highest BCUT2D eigenvalue weighted by atomic mass is 35.5. The number of piperidine rings is 1. The van der Waals surface area contributed by atoms with Crippen LogP contribution in [-0.2, 0) is 11.3 Å². The molecule has 1 saturated heterocycles. The highest BCUT2D eigenvalue weighted by Crippen LogP contribution is 2.33. The van der Waals surface area contributed by atoms with E-state index in [0.717, 1.165) is 64.7 Å². The van der Waals surface area contributed by atoms with Crippen LogP contribution in [0.2, 0.25) is 5.02 Å². The van der Waals surface area contributed by atoms with Gasteiger partial charge < -0.3 is 20.3 Å². The van der Waals surface area contributed by atoms with Gasteiger partial charge in [-0.05, 0) is 44.1 Å². The summed E-state index contributed by atoms with van der Waals surface area (Å²) < 4.78 is 5.22. The molecule has 0 spiro atoms. The number of anilines is 1. The molecule has 0 atom stereocenters. The van der Waals surface area contributed by atoms with Crippen LogP contribution in [0, 0.1) is 0 Å². The second-order valence-corrected chi connectivity index (χ2v) is 11.1. The fraction of sp³-hybridized carbons (Fsp3) is 0.417.